The van der Waals surface area contributed by atoms with Gasteiger partial charge in [-0.15, -0.1) is 11.6 Å². The van der Waals surface area contributed by atoms with Crippen molar-refractivity contribution in [3.8, 4) is 0 Å². The number of nitrogens with zero attached hydrogens (tertiary/aromatic N) is 6. The monoisotopic (exact) mass is 304 g/mol. The quantitative estimate of drug-likeness (QED) is 0.678. The highest BCUT2D eigenvalue weighted by Crippen LogP contribution is 2.21. The normalized spacial score (nSPS) is 11.4. The molecule has 0 bridgehead atoms. The first-order valence-electron chi connectivity index (χ1n) is 6.98. The first-order valence-corrected chi connectivity index (χ1v) is 7.51. The van der Waals surface area contributed by atoms with Crippen LogP contribution in [0, 0.1) is 6.92 Å². The van der Waals surface area contributed by atoms with Crippen LogP contribution in [-0.2, 0) is 19.5 Å². The van der Waals surface area contributed by atoms with Gasteiger partial charge in [0, 0.05) is 25.0 Å². The second-order valence-corrected chi connectivity index (χ2v) is 5.21. The predicted octanol–water partition coefficient (Wildman–Crippen LogP) is 2.18. The van der Waals surface area contributed by atoms with Crippen LogP contribution in [0.3, 0.4) is 0 Å². The number of aromatic nitrogens is 6. The van der Waals surface area contributed by atoms with Gasteiger partial charge in [-0.25, -0.2) is 19.6 Å². The second-order valence-electron chi connectivity index (χ2n) is 4.83. The minimum absolute atomic E-state index is 0.544. The molecular formula is C14H17ClN6. The van der Waals surface area contributed by atoms with Gasteiger partial charge in [-0.2, -0.15) is 5.10 Å². The van der Waals surface area contributed by atoms with E-state index >= 15 is 0 Å². The van der Waals surface area contributed by atoms with Crippen molar-refractivity contribution in [2.24, 2.45) is 0 Å². The SMILES string of the molecule is CCn1nc(C)c2nc(CCCl)n(Cc3ccncn3)c21. The Hall–Kier alpha value is -1.95. The molecule has 0 saturated heterocycles. The summed E-state index contributed by atoms with van der Waals surface area (Å²) in [4.78, 5) is 13.0. The van der Waals surface area contributed by atoms with Gasteiger partial charge in [0.1, 0.15) is 17.7 Å². The first kappa shape index (κ1) is 14.0. The lowest BCUT2D eigenvalue weighted by Gasteiger charge is -2.09. The Bertz CT molecular complexity index is 746. The van der Waals surface area contributed by atoms with Crippen LogP contribution in [0.5, 0.6) is 0 Å². The smallest absolute Gasteiger partial charge is 0.159 e. The Morgan fingerprint density at radius 2 is 2.19 bits per heavy atom. The summed E-state index contributed by atoms with van der Waals surface area (Å²) in [6, 6.07) is 1.91. The van der Waals surface area contributed by atoms with Crippen molar-refractivity contribution in [2.75, 3.05) is 5.88 Å². The summed E-state index contributed by atoms with van der Waals surface area (Å²) in [6.45, 7) is 5.52. The van der Waals surface area contributed by atoms with Gasteiger partial charge in [0.25, 0.3) is 0 Å². The van der Waals surface area contributed by atoms with Gasteiger partial charge in [0.05, 0.1) is 17.9 Å². The molecule has 0 aliphatic heterocycles. The summed E-state index contributed by atoms with van der Waals surface area (Å²) in [5.74, 6) is 1.52. The van der Waals surface area contributed by atoms with Crippen molar-refractivity contribution in [2.45, 2.75) is 33.4 Å². The maximum absolute atomic E-state index is 5.92. The molecule has 110 valence electrons. The molecule has 21 heavy (non-hydrogen) atoms. The molecule has 0 radical (unpaired) electrons. The Labute approximate surface area is 127 Å². The van der Waals surface area contributed by atoms with Crippen LogP contribution in [0.15, 0.2) is 18.6 Å². The van der Waals surface area contributed by atoms with Crippen molar-refractivity contribution in [3.05, 3.63) is 35.8 Å². The van der Waals surface area contributed by atoms with Crippen LogP contribution < -0.4 is 0 Å². The molecule has 0 spiro atoms. The van der Waals surface area contributed by atoms with Gasteiger partial charge in [-0.1, -0.05) is 0 Å². The molecule has 0 fully saturated rings. The zero-order chi connectivity index (χ0) is 14.8. The van der Waals surface area contributed by atoms with E-state index in [4.69, 9.17) is 16.6 Å². The number of aryl methyl sites for hydroxylation is 3. The molecule has 0 atom stereocenters. The highest BCUT2D eigenvalue weighted by molar-refractivity contribution is 6.17. The molecule has 0 aliphatic rings. The lowest BCUT2D eigenvalue weighted by Crippen LogP contribution is -2.11. The Kier molecular flexibility index (Phi) is 3.88. The van der Waals surface area contributed by atoms with E-state index in [2.05, 4.69) is 26.6 Å². The lowest BCUT2D eigenvalue weighted by atomic mass is 10.3. The summed E-state index contributed by atoms with van der Waals surface area (Å²) in [5.41, 5.74) is 3.88. The molecule has 0 unspecified atom stereocenters. The molecular weight excluding hydrogens is 288 g/mol. The van der Waals surface area contributed by atoms with Crippen molar-refractivity contribution in [1.82, 2.24) is 29.3 Å². The zero-order valence-corrected chi connectivity index (χ0v) is 12.9. The predicted molar refractivity (Wildman–Crippen MR) is 81.5 cm³/mol. The van der Waals surface area contributed by atoms with E-state index in [1.54, 1.807) is 12.5 Å². The summed E-state index contributed by atoms with van der Waals surface area (Å²) in [5, 5.41) is 4.54. The van der Waals surface area contributed by atoms with Gasteiger partial charge < -0.3 is 4.57 Å². The average molecular weight is 305 g/mol. The first-order chi connectivity index (χ1) is 10.2. The van der Waals surface area contributed by atoms with Crippen molar-refractivity contribution in [1.29, 1.82) is 0 Å². The number of halogens is 1. The van der Waals surface area contributed by atoms with Gasteiger partial charge in [-0.3, -0.25) is 0 Å². The molecule has 0 N–H and O–H groups in total. The molecule has 0 aliphatic carbocycles. The van der Waals surface area contributed by atoms with E-state index in [0.717, 1.165) is 41.3 Å². The third-order valence-electron chi connectivity index (χ3n) is 3.46. The van der Waals surface area contributed by atoms with E-state index in [9.17, 15) is 0 Å². The standard InChI is InChI=1S/C14H17ClN6/c1-3-21-14-13(10(2)19-21)18-12(4-6-15)20(14)8-11-5-7-16-9-17-11/h5,7,9H,3-4,6,8H2,1-2H3. The lowest BCUT2D eigenvalue weighted by molar-refractivity contribution is 0.631. The number of fused-ring (bicyclic) bond motifs is 1. The van der Waals surface area contributed by atoms with Crippen LogP contribution in [0.1, 0.15) is 24.1 Å². The number of hydrogen-bond acceptors (Lipinski definition) is 4. The van der Waals surface area contributed by atoms with Crippen molar-refractivity contribution >= 4 is 22.8 Å². The largest absolute Gasteiger partial charge is 0.307 e. The fourth-order valence-electron chi connectivity index (χ4n) is 2.51. The van der Waals surface area contributed by atoms with Gasteiger partial charge in [0.15, 0.2) is 5.65 Å². The zero-order valence-electron chi connectivity index (χ0n) is 12.1. The van der Waals surface area contributed by atoms with Gasteiger partial charge in [-0.05, 0) is 19.9 Å². The maximum Gasteiger partial charge on any atom is 0.159 e. The number of imidazole rings is 1. The fourth-order valence-corrected chi connectivity index (χ4v) is 2.67. The maximum atomic E-state index is 5.92. The second kappa shape index (κ2) is 5.81. The van der Waals surface area contributed by atoms with Crippen LogP contribution >= 0.6 is 11.6 Å². The third kappa shape index (κ3) is 2.51. The Morgan fingerprint density at radius 1 is 1.33 bits per heavy atom. The molecule has 7 heteroatoms. The van der Waals surface area contributed by atoms with Crippen LogP contribution in [-0.4, -0.2) is 35.2 Å². The molecule has 6 nitrogen and oxygen atoms in total. The molecule has 3 aromatic rings. The topological polar surface area (TPSA) is 61.4 Å². The summed E-state index contributed by atoms with van der Waals surface area (Å²) < 4.78 is 4.14. The van der Waals surface area contributed by atoms with Crippen molar-refractivity contribution < 1.29 is 0 Å². The van der Waals surface area contributed by atoms with Gasteiger partial charge >= 0.3 is 0 Å². The average Bonchev–Trinajstić information content (AvgIpc) is 3.00. The molecule has 0 saturated carbocycles. The number of alkyl halides is 1. The molecule has 3 rings (SSSR count). The Morgan fingerprint density at radius 3 is 2.86 bits per heavy atom. The van der Waals surface area contributed by atoms with Crippen molar-refractivity contribution in [3.63, 3.8) is 0 Å². The molecule has 0 aromatic carbocycles. The highest BCUT2D eigenvalue weighted by Gasteiger charge is 2.18. The molecule has 0 amide bonds. The minimum Gasteiger partial charge on any atom is -0.307 e. The summed E-state index contributed by atoms with van der Waals surface area (Å²) >= 11 is 5.92. The van der Waals surface area contributed by atoms with E-state index in [0.29, 0.717) is 12.4 Å². The molecule has 3 heterocycles. The summed E-state index contributed by atoms with van der Waals surface area (Å²) in [7, 11) is 0. The number of hydrogen-bond donors (Lipinski definition) is 0. The number of rotatable bonds is 5. The summed E-state index contributed by atoms with van der Waals surface area (Å²) in [6.07, 6.45) is 4.04. The van der Waals surface area contributed by atoms with Crippen LogP contribution in [0.25, 0.3) is 11.2 Å². The van der Waals surface area contributed by atoms with E-state index in [-0.39, 0.29) is 0 Å². The van der Waals surface area contributed by atoms with Crippen LogP contribution in [0.4, 0.5) is 0 Å². The van der Waals surface area contributed by atoms with E-state index in [1.807, 2.05) is 17.7 Å². The van der Waals surface area contributed by atoms with E-state index < -0.39 is 0 Å². The fraction of sp³-hybridized carbons (Fsp3) is 0.429. The molecule has 3 aromatic heterocycles. The van der Waals surface area contributed by atoms with Crippen LogP contribution in [0.2, 0.25) is 0 Å². The Balaban J connectivity index is 2.15. The highest BCUT2D eigenvalue weighted by atomic mass is 35.5. The van der Waals surface area contributed by atoms with Gasteiger partial charge in [0.2, 0.25) is 0 Å². The minimum atomic E-state index is 0.544. The third-order valence-corrected chi connectivity index (χ3v) is 3.65. The van der Waals surface area contributed by atoms with E-state index in [1.165, 1.54) is 0 Å².